The van der Waals surface area contributed by atoms with Gasteiger partial charge in [-0.2, -0.15) is 0 Å². The average molecular weight is 377 g/mol. The van der Waals surface area contributed by atoms with Crippen molar-refractivity contribution in [3.8, 4) is 0 Å². The molecular formula is C18H15N7O3. The van der Waals surface area contributed by atoms with Crippen LogP contribution < -0.4 is 5.32 Å². The summed E-state index contributed by atoms with van der Waals surface area (Å²) in [6.45, 7) is 0. The van der Waals surface area contributed by atoms with Crippen LogP contribution >= 0.6 is 0 Å². The molecule has 10 nitrogen and oxygen atoms in total. The summed E-state index contributed by atoms with van der Waals surface area (Å²) < 4.78 is 1.31. The molecule has 4 rings (SSSR count). The lowest BCUT2D eigenvalue weighted by molar-refractivity contribution is 0.0681. The Morgan fingerprint density at radius 2 is 2.00 bits per heavy atom. The monoisotopic (exact) mass is 377 g/mol. The summed E-state index contributed by atoms with van der Waals surface area (Å²) in [6, 6.07) is 8.54. The number of aromatic nitrogens is 5. The Labute approximate surface area is 158 Å². The van der Waals surface area contributed by atoms with E-state index in [1.54, 1.807) is 56.8 Å². The van der Waals surface area contributed by atoms with E-state index in [-0.39, 0.29) is 17.7 Å². The molecule has 0 bridgehead atoms. The average Bonchev–Trinajstić information content (AvgIpc) is 3.14. The number of nitrogens with zero attached hydrogens (tertiary/aromatic N) is 6. The fourth-order valence-corrected chi connectivity index (χ4v) is 2.82. The lowest BCUT2D eigenvalue weighted by atomic mass is 10.2. The van der Waals surface area contributed by atoms with Gasteiger partial charge in [0.2, 0.25) is 11.8 Å². The zero-order valence-corrected chi connectivity index (χ0v) is 15.0. The van der Waals surface area contributed by atoms with Crippen LogP contribution in [0.25, 0.3) is 16.6 Å². The predicted molar refractivity (Wildman–Crippen MR) is 101 cm³/mol. The van der Waals surface area contributed by atoms with Crippen molar-refractivity contribution in [2.45, 2.75) is 0 Å². The first-order valence-corrected chi connectivity index (χ1v) is 8.26. The summed E-state index contributed by atoms with van der Waals surface area (Å²) in [4.78, 5) is 33.8. The van der Waals surface area contributed by atoms with Gasteiger partial charge in [0.1, 0.15) is 0 Å². The van der Waals surface area contributed by atoms with Crippen LogP contribution in [0.2, 0.25) is 0 Å². The smallest absolute Gasteiger partial charge is 0.374 e. The van der Waals surface area contributed by atoms with Gasteiger partial charge in [0.05, 0.1) is 10.9 Å². The predicted octanol–water partition coefficient (Wildman–Crippen LogP) is 1.82. The van der Waals surface area contributed by atoms with Crippen molar-refractivity contribution in [1.82, 2.24) is 29.5 Å². The maximum Gasteiger partial charge on any atom is 0.374 e. The molecule has 28 heavy (non-hydrogen) atoms. The van der Waals surface area contributed by atoms with Crippen molar-refractivity contribution in [1.29, 1.82) is 0 Å². The van der Waals surface area contributed by atoms with Gasteiger partial charge in [-0.1, -0.05) is 6.07 Å². The van der Waals surface area contributed by atoms with Gasteiger partial charge in [0, 0.05) is 37.7 Å². The highest BCUT2D eigenvalue weighted by molar-refractivity contribution is 5.96. The van der Waals surface area contributed by atoms with Crippen molar-refractivity contribution < 1.29 is 14.7 Å². The summed E-state index contributed by atoms with van der Waals surface area (Å²) in [5, 5.41) is 20.9. The van der Waals surface area contributed by atoms with Crippen LogP contribution in [-0.2, 0) is 0 Å². The normalized spacial score (nSPS) is 10.9. The molecule has 0 aliphatic heterocycles. The molecule has 0 aliphatic rings. The van der Waals surface area contributed by atoms with E-state index in [4.69, 9.17) is 0 Å². The first kappa shape index (κ1) is 17.3. The number of carboxylic acids is 1. The van der Waals surface area contributed by atoms with E-state index in [1.807, 2.05) is 0 Å². The van der Waals surface area contributed by atoms with Crippen LogP contribution in [0.4, 0.5) is 11.6 Å². The van der Waals surface area contributed by atoms with Crippen LogP contribution in [0.15, 0.2) is 42.7 Å². The van der Waals surface area contributed by atoms with E-state index >= 15 is 0 Å². The summed E-state index contributed by atoms with van der Waals surface area (Å²) in [5.74, 6) is -1.46. The number of carbonyl (C=O) groups excluding carboxylic acids is 1. The Morgan fingerprint density at radius 1 is 1.18 bits per heavy atom. The minimum Gasteiger partial charge on any atom is -0.475 e. The van der Waals surface area contributed by atoms with Crippen molar-refractivity contribution >= 4 is 40.1 Å². The molecular weight excluding hydrogens is 362 g/mol. The summed E-state index contributed by atoms with van der Waals surface area (Å²) in [7, 11) is 3.34. The first-order valence-electron chi connectivity index (χ1n) is 8.26. The second-order valence-corrected chi connectivity index (χ2v) is 6.22. The molecule has 2 N–H and O–H groups in total. The highest BCUT2D eigenvalue weighted by Crippen LogP contribution is 2.24. The molecule has 0 aliphatic carbocycles. The molecule has 0 fully saturated rings. The molecule has 1 aromatic carbocycles. The third-order valence-electron chi connectivity index (χ3n) is 4.10. The molecule has 4 aromatic rings. The summed E-state index contributed by atoms with van der Waals surface area (Å²) in [6.07, 6.45) is 3.14. The fraction of sp³-hybridized carbons (Fsp3) is 0.111. The van der Waals surface area contributed by atoms with Gasteiger partial charge in [-0.3, -0.25) is 9.78 Å². The molecule has 3 aromatic heterocycles. The number of aromatic carboxylic acids is 1. The number of hydrogen-bond donors (Lipinski definition) is 2. The third kappa shape index (κ3) is 2.86. The van der Waals surface area contributed by atoms with Gasteiger partial charge >= 0.3 is 5.97 Å². The number of nitrogens with one attached hydrogen (secondary N) is 1. The van der Waals surface area contributed by atoms with Crippen molar-refractivity contribution in [2.75, 3.05) is 19.4 Å². The Hall–Kier alpha value is -4.08. The quantitative estimate of drug-likeness (QED) is 0.551. The van der Waals surface area contributed by atoms with Gasteiger partial charge in [-0.15, -0.1) is 10.2 Å². The van der Waals surface area contributed by atoms with Crippen LogP contribution in [-0.4, -0.2) is 60.5 Å². The number of hydrogen-bond acceptors (Lipinski definition) is 7. The van der Waals surface area contributed by atoms with Crippen molar-refractivity contribution in [3.05, 3.63) is 54.1 Å². The van der Waals surface area contributed by atoms with Gasteiger partial charge < -0.3 is 15.3 Å². The number of amides is 1. The van der Waals surface area contributed by atoms with E-state index in [0.717, 1.165) is 0 Å². The maximum atomic E-state index is 12.2. The molecule has 1 amide bonds. The second-order valence-electron chi connectivity index (χ2n) is 6.22. The minimum atomic E-state index is -1.24. The molecule has 0 saturated heterocycles. The number of rotatable bonds is 4. The molecule has 0 unspecified atom stereocenters. The number of anilines is 2. The zero-order valence-electron chi connectivity index (χ0n) is 15.0. The zero-order chi connectivity index (χ0) is 19.8. The molecule has 3 heterocycles. The van der Waals surface area contributed by atoms with Crippen LogP contribution in [0.5, 0.6) is 0 Å². The van der Waals surface area contributed by atoms with Gasteiger partial charge in [-0.05, 0) is 24.3 Å². The highest BCUT2D eigenvalue weighted by atomic mass is 16.4. The van der Waals surface area contributed by atoms with E-state index in [1.165, 1.54) is 9.30 Å². The fourth-order valence-electron chi connectivity index (χ4n) is 2.82. The first-order chi connectivity index (χ1) is 13.5. The standard InChI is InChI=1S/C18H15N7O3/c1-24(2)16(26)10-4-3-5-11(8-10)20-18-21-13-6-7-19-9-12(13)14-22-23-15(17(27)28)25(14)18/h3-9H,1-2H3,(H,20,21)(H,27,28). The third-order valence-corrected chi connectivity index (χ3v) is 4.10. The molecule has 140 valence electrons. The van der Waals surface area contributed by atoms with Crippen molar-refractivity contribution in [3.63, 3.8) is 0 Å². The summed E-state index contributed by atoms with van der Waals surface area (Å²) in [5.41, 5.74) is 1.95. The lowest BCUT2D eigenvalue weighted by Crippen LogP contribution is -2.21. The van der Waals surface area contributed by atoms with Crippen LogP contribution in [0, 0.1) is 0 Å². The molecule has 0 radical (unpaired) electrons. The van der Waals surface area contributed by atoms with E-state index in [2.05, 4.69) is 25.5 Å². The van der Waals surface area contributed by atoms with Crippen molar-refractivity contribution in [2.24, 2.45) is 0 Å². The molecule has 0 spiro atoms. The van der Waals surface area contributed by atoms with E-state index in [9.17, 15) is 14.7 Å². The van der Waals surface area contributed by atoms with Gasteiger partial charge in [0.25, 0.3) is 5.91 Å². The van der Waals surface area contributed by atoms with E-state index < -0.39 is 5.97 Å². The Balaban J connectivity index is 1.88. The van der Waals surface area contributed by atoms with Crippen LogP contribution in [0.3, 0.4) is 0 Å². The topological polar surface area (TPSA) is 126 Å². The Bertz CT molecular complexity index is 1230. The Kier molecular flexibility index (Phi) is 4.07. The van der Waals surface area contributed by atoms with Gasteiger partial charge in [0.15, 0.2) is 5.65 Å². The number of benzene rings is 1. The number of pyridine rings is 1. The number of carbonyl (C=O) groups is 2. The Morgan fingerprint density at radius 3 is 2.75 bits per heavy atom. The highest BCUT2D eigenvalue weighted by Gasteiger charge is 2.20. The van der Waals surface area contributed by atoms with Gasteiger partial charge in [-0.25, -0.2) is 14.2 Å². The summed E-state index contributed by atoms with van der Waals surface area (Å²) >= 11 is 0. The number of carboxylic acid groups (broad SMARTS) is 1. The van der Waals surface area contributed by atoms with Crippen LogP contribution in [0.1, 0.15) is 21.0 Å². The second kappa shape index (κ2) is 6.58. The SMILES string of the molecule is CN(C)C(=O)c1cccc(Nc2nc3ccncc3c3nnc(C(=O)O)n23)c1. The largest absolute Gasteiger partial charge is 0.475 e. The molecule has 10 heteroatoms. The van der Waals surface area contributed by atoms with E-state index in [0.29, 0.717) is 27.8 Å². The number of fused-ring (bicyclic) bond motifs is 3. The minimum absolute atomic E-state index is 0.151. The maximum absolute atomic E-state index is 12.2. The molecule has 0 saturated carbocycles. The molecule has 0 atom stereocenters. The lowest BCUT2D eigenvalue weighted by Gasteiger charge is -2.13.